The maximum atomic E-state index is 12.5. The van der Waals surface area contributed by atoms with Gasteiger partial charge in [-0.15, -0.1) is 0 Å². The van der Waals surface area contributed by atoms with Crippen molar-refractivity contribution in [2.75, 3.05) is 19.0 Å². The number of halogens is 2. The van der Waals surface area contributed by atoms with E-state index in [0.29, 0.717) is 39.4 Å². The minimum absolute atomic E-state index is 0.0851. The van der Waals surface area contributed by atoms with Gasteiger partial charge in [0.1, 0.15) is 11.6 Å². The lowest BCUT2D eigenvalue weighted by molar-refractivity contribution is -0.112. The summed E-state index contributed by atoms with van der Waals surface area (Å²) in [5, 5.41) is 12.9. The van der Waals surface area contributed by atoms with E-state index in [0.717, 1.165) is 5.56 Å². The van der Waals surface area contributed by atoms with Gasteiger partial charge in [-0.3, -0.25) is 4.79 Å². The third kappa shape index (κ3) is 4.94. The molecule has 0 bridgehead atoms. The van der Waals surface area contributed by atoms with Crippen LogP contribution in [0.25, 0.3) is 6.08 Å². The number of hydrogen-bond acceptors (Lipinski definition) is 4. The van der Waals surface area contributed by atoms with E-state index in [-0.39, 0.29) is 5.57 Å². The summed E-state index contributed by atoms with van der Waals surface area (Å²) in [5.41, 5.74) is 1.71. The van der Waals surface area contributed by atoms with E-state index in [2.05, 4.69) is 5.32 Å². The van der Waals surface area contributed by atoms with Crippen LogP contribution in [0.5, 0.6) is 11.5 Å². The Kier molecular flexibility index (Phi) is 7.12. The van der Waals surface area contributed by atoms with Crippen molar-refractivity contribution in [3.63, 3.8) is 0 Å². The number of rotatable bonds is 6. The van der Waals surface area contributed by atoms with Gasteiger partial charge in [0.05, 0.1) is 18.7 Å². The van der Waals surface area contributed by atoms with Crippen LogP contribution in [0, 0.1) is 18.3 Å². The van der Waals surface area contributed by atoms with E-state index < -0.39 is 5.91 Å². The first-order valence-electron chi connectivity index (χ1n) is 8.09. The largest absolute Gasteiger partial charge is 0.491 e. The minimum Gasteiger partial charge on any atom is -0.491 e. The van der Waals surface area contributed by atoms with E-state index in [1.54, 1.807) is 37.3 Å². The average Bonchev–Trinajstić information content (AvgIpc) is 2.63. The minimum atomic E-state index is -0.548. The Balaban J connectivity index is 2.36. The first kappa shape index (κ1) is 20.6. The van der Waals surface area contributed by atoms with Gasteiger partial charge in [-0.1, -0.05) is 29.3 Å². The molecule has 0 heterocycles. The predicted molar refractivity (Wildman–Crippen MR) is 108 cm³/mol. The number of nitriles is 1. The van der Waals surface area contributed by atoms with Crippen LogP contribution in [0.15, 0.2) is 35.9 Å². The van der Waals surface area contributed by atoms with Crippen molar-refractivity contribution in [3.05, 3.63) is 57.1 Å². The summed E-state index contributed by atoms with van der Waals surface area (Å²) in [6, 6.07) is 10.3. The summed E-state index contributed by atoms with van der Waals surface area (Å²) in [4.78, 5) is 12.5. The smallest absolute Gasteiger partial charge is 0.266 e. The SMILES string of the molecule is CCOc1cc(/C=C(\C#N)C(=O)Nc2cccc(Cl)c2C)cc(Cl)c1OC. The molecule has 0 aromatic heterocycles. The lowest BCUT2D eigenvalue weighted by atomic mass is 10.1. The Bertz CT molecular complexity index is 934. The lowest BCUT2D eigenvalue weighted by Crippen LogP contribution is -2.14. The number of methoxy groups -OCH3 is 1. The first-order chi connectivity index (χ1) is 12.9. The molecule has 1 amide bonds. The summed E-state index contributed by atoms with van der Waals surface area (Å²) < 4.78 is 10.7. The maximum Gasteiger partial charge on any atom is 0.266 e. The monoisotopic (exact) mass is 404 g/mol. The highest BCUT2D eigenvalue weighted by Crippen LogP contribution is 2.37. The number of nitrogens with zero attached hydrogens (tertiary/aromatic N) is 1. The molecule has 0 spiro atoms. The summed E-state index contributed by atoms with van der Waals surface area (Å²) in [5.74, 6) is 0.281. The number of anilines is 1. The van der Waals surface area contributed by atoms with Crippen LogP contribution in [0.2, 0.25) is 10.0 Å². The Morgan fingerprint density at radius 1 is 1.30 bits per heavy atom. The first-order valence-corrected chi connectivity index (χ1v) is 8.85. The standard InChI is InChI=1S/C20H18Cl2N2O3/c1-4-27-18-10-13(9-16(22)19(18)26-3)8-14(11-23)20(25)24-17-7-5-6-15(21)12(17)2/h5-10H,4H2,1-3H3,(H,24,25)/b14-8+. The van der Waals surface area contributed by atoms with E-state index in [4.69, 9.17) is 32.7 Å². The maximum absolute atomic E-state index is 12.5. The van der Waals surface area contributed by atoms with Crippen LogP contribution in [0.4, 0.5) is 5.69 Å². The van der Waals surface area contributed by atoms with Gasteiger partial charge >= 0.3 is 0 Å². The Morgan fingerprint density at radius 2 is 2.04 bits per heavy atom. The molecular weight excluding hydrogens is 387 g/mol. The molecule has 0 fully saturated rings. The van der Waals surface area contributed by atoms with Crippen LogP contribution >= 0.6 is 23.2 Å². The molecule has 0 saturated heterocycles. The molecule has 0 radical (unpaired) electrons. The molecule has 0 atom stereocenters. The van der Waals surface area contributed by atoms with Crippen molar-refractivity contribution in [2.45, 2.75) is 13.8 Å². The van der Waals surface area contributed by atoms with Gasteiger partial charge in [0, 0.05) is 10.7 Å². The van der Waals surface area contributed by atoms with Crippen LogP contribution in [-0.4, -0.2) is 19.6 Å². The molecule has 27 heavy (non-hydrogen) atoms. The second-order valence-corrected chi connectivity index (χ2v) is 6.32. The molecule has 2 aromatic rings. The predicted octanol–water partition coefficient (Wildman–Crippen LogP) is 5.25. The summed E-state index contributed by atoms with van der Waals surface area (Å²) in [6.07, 6.45) is 1.43. The normalized spacial score (nSPS) is 10.9. The molecule has 1 N–H and O–H groups in total. The number of amides is 1. The van der Waals surface area contributed by atoms with Crippen LogP contribution in [0.3, 0.4) is 0 Å². The number of nitrogens with one attached hydrogen (secondary N) is 1. The molecule has 140 valence electrons. The van der Waals surface area contributed by atoms with Crippen molar-refractivity contribution in [2.24, 2.45) is 0 Å². The third-order valence-electron chi connectivity index (χ3n) is 3.73. The lowest BCUT2D eigenvalue weighted by Gasteiger charge is -2.12. The zero-order valence-electron chi connectivity index (χ0n) is 15.1. The highest BCUT2D eigenvalue weighted by Gasteiger charge is 2.15. The van der Waals surface area contributed by atoms with E-state index in [1.165, 1.54) is 13.2 Å². The fourth-order valence-corrected chi connectivity index (χ4v) is 2.85. The molecule has 0 aliphatic heterocycles. The molecule has 5 nitrogen and oxygen atoms in total. The fourth-order valence-electron chi connectivity index (χ4n) is 2.38. The molecular formula is C20H18Cl2N2O3. The molecule has 0 aliphatic carbocycles. The second kappa shape index (κ2) is 9.31. The number of carbonyl (C=O) groups excluding carboxylic acids is 1. The Hall–Kier alpha value is -2.68. The van der Waals surface area contributed by atoms with Crippen LogP contribution in [-0.2, 0) is 4.79 Å². The van der Waals surface area contributed by atoms with Crippen molar-refractivity contribution >= 4 is 40.9 Å². The molecule has 0 unspecified atom stereocenters. The van der Waals surface area contributed by atoms with Crippen molar-refractivity contribution < 1.29 is 14.3 Å². The van der Waals surface area contributed by atoms with Gasteiger partial charge in [0.15, 0.2) is 11.5 Å². The third-order valence-corrected chi connectivity index (χ3v) is 4.42. The van der Waals surface area contributed by atoms with Gasteiger partial charge < -0.3 is 14.8 Å². The number of carbonyl (C=O) groups is 1. The molecule has 2 aromatic carbocycles. The van der Waals surface area contributed by atoms with Crippen molar-refractivity contribution in [1.29, 1.82) is 5.26 Å². The molecule has 7 heteroatoms. The molecule has 0 aliphatic rings. The number of hydrogen-bond donors (Lipinski definition) is 1. The zero-order chi connectivity index (χ0) is 20.0. The van der Waals surface area contributed by atoms with Gasteiger partial charge in [0.2, 0.25) is 0 Å². The van der Waals surface area contributed by atoms with E-state index in [1.807, 2.05) is 13.0 Å². The topological polar surface area (TPSA) is 71.3 Å². The Labute approximate surface area is 168 Å². The zero-order valence-corrected chi connectivity index (χ0v) is 16.6. The Morgan fingerprint density at radius 3 is 2.67 bits per heavy atom. The van der Waals surface area contributed by atoms with Gasteiger partial charge in [-0.05, 0) is 55.3 Å². The van der Waals surface area contributed by atoms with Crippen LogP contribution in [0.1, 0.15) is 18.1 Å². The number of ether oxygens (including phenoxy) is 2. The summed E-state index contributed by atoms with van der Waals surface area (Å²) in [7, 11) is 1.49. The molecule has 0 saturated carbocycles. The van der Waals surface area contributed by atoms with Gasteiger partial charge in [0.25, 0.3) is 5.91 Å². The summed E-state index contributed by atoms with van der Waals surface area (Å²) in [6.45, 7) is 4.03. The van der Waals surface area contributed by atoms with Gasteiger partial charge in [-0.25, -0.2) is 0 Å². The van der Waals surface area contributed by atoms with E-state index in [9.17, 15) is 10.1 Å². The van der Waals surface area contributed by atoms with E-state index >= 15 is 0 Å². The highest BCUT2D eigenvalue weighted by molar-refractivity contribution is 6.32. The van der Waals surface area contributed by atoms with Gasteiger partial charge in [-0.2, -0.15) is 5.26 Å². The van der Waals surface area contributed by atoms with Crippen molar-refractivity contribution in [1.82, 2.24) is 0 Å². The van der Waals surface area contributed by atoms with Crippen molar-refractivity contribution in [3.8, 4) is 17.6 Å². The second-order valence-electron chi connectivity index (χ2n) is 5.50. The fraction of sp³-hybridized carbons (Fsp3) is 0.200. The average molecular weight is 405 g/mol. The summed E-state index contributed by atoms with van der Waals surface area (Å²) >= 11 is 12.3. The number of benzene rings is 2. The quantitative estimate of drug-likeness (QED) is 0.526. The molecule has 2 rings (SSSR count). The highest BCUT2D eigenvalue weighted by atomic mass is 35.5. The van der Waals surface area contributed by atoms with Crippen LogP contribution < -0.4 is 14.8 Å².